The Kier molecular flexibility index (Phi) is 5.13. The van der Waals surface area contributed by atoms with Crippen LogP contribution in [0.5, 0.6) is 0 Å². The average molecular weight is 358 g/mol. The van der Waals surface area contributed by atoms with Gasteiger partial charge in [-0.2, -0.15) is 15.4 Å². The number of anilines is 2. The molecule has 1 heterocycles. The Labute approximate surface area is 157 Å². The van der Waals surface area contributed by atoms with E-state index in [0.29, 0.717) is 17.1 Å². The summed E-state index contributed by atoms with van der Waals surface area (Å²) in [6, 6.07) is 18.2. The monoisotopic (exact) mass is 358 g/mol. The standard InChI is InChI=1S/C21H18N4O2/c1-14-7-6-8-17(11-14)23-20(26)16(13-22)12-19-15(2)24-25(21(19)27)18-9-4-3-5-10-18/h3-12,19H,1-2H3,(H,23,26)/b16-12-/t19-/m1/s1. The van der Waals surface area contributed by atoms with Gasteiger partial charge in [0.05, 0.1) is 17.3 Å². The molecule has 1 atom stereocenters. The number of hydrogen-bond acceptors (Lipinski definition) is 4. The minimum Gasteiger partial charge on any atom is -0.321 e. The molecule has 1 aliphatic heterocycles. The van der Waals surface area contributed by atoms with Crippen LogP contribution in [0.3, 0.4) is 0 Å². The molecule has 0 saturated heterocycles. The number of hydrogen-bond donors (Lipinski definition) is 1. The zero-order chi connectivity index (χ0) is 19.4. The number of nitrogens with zero attached hydrogens (tertiary/aromatic N) is 3. The van der Waals surface area contributed by atoms with E-state index < -0.39 is 11.8 Å². The molecule has 0 saturated carbocycles. The maximum Gasteiger partial charge on any atom is 0.266 e. The van der Waals surface area contributed by atoms with Crippen molar-refractivity contribution < 1.29 is 9.59 Å². The maximum absolute atomic E-state index is 12.7. The molecule has 2 amide bonds. The number of aryl methyl sites for hydroxylation is 1. The molecule has 3 rings (SSSR count). The van der Waals surface area contributed by atoms with Gasteiger partial charge < -0.3 is 5.32 Å². The summed E-state index contributed by atoms with van der Waals surface area (Å²) < 4.78 is 0. The van der Waals surface area contributed by atoms with Crippen LogP contribution in [-0.4, -0.2) is 17.5 Å². The van der Waals surface area contributed by atoms with Crippen molar-refractivity contribution in [3.05, 3.63) is 71.8 Å². The maximum atomic E-state index is 12.7. The molecular weight excluding hydrogens is 340 g/mol. The Morgan fingerprint density at radius 3 is 2.59 bits per heavy atom. The van der Waals surface area contributed by atoms with Gasteiger partial charge in [0.1, 0.15) is 11.6 Å². The van der Waals surface area contributed by atoms with Gasteiger partial charge >= 0.3 is 0 Å². The number of carbonyl (C=O) groups is 2. The van der Waals surface area contributed by atoms with Gasteiger partial charge in [-0.15, -0.1) is 0 Å². The first-order valence-electron chi connectivity index (χ1n) is 8.43. The molecule has 0 radical (unpaired) electrons. The number of benzene rings is 2. The lowest BCUT2D eigenvalue weighted by molar-refractivity contribution is -0.118. The quantitative estimate of drug-likeness (QED) is 0.671. The number of nitrogens with one attached hydrogen (secondary N) is 1. The lowest BCUT2D eigenvalue weighted by atomic mass is 10.0. The topological polar surface area (TPSA) is 85.6 Å². The molecule has 0 fully saturated rings. The van der Waals surface area contributed by atoms with E-state index in [-0.39, 0.29) is 11.5 Å². The Morgan fingerprint density at radius 2 is 1.93 bits per heavy atom. The zero-order valence-electron chi connectivity index (χ0n) is 15.0. The molecule has 27 heavy (non-hydrogen) atoms. The molecule has 6 nitrogen and oxygen atoms in total. The molecule has 1 N–H and O–H groups in total. The lowest BCUT2D eigenvalue weighted by Crippen LogP contribution is -2.27. The third kappa shape index (κ3) is 3.93. The zero-order valence-corrected chi connectivity index (χ0v) is 15.0. The predicted octanol–water partition coefficient (Wildman–Crippen LogP) is 3.42. The fourth-order valence-corrected chi connectivity index (χ4v) is 2.78. The Balaban J connectivity index is 1.81. The van der Waals surface area contributed by atoms with Crippen LogP contribution in [0.25, 0.3) is 0 Å². The number of amides is 2. The average Bonchev–Trinajstić information content (AvgIpc) is 2.94. The smallest absolute Gasteiger partial charge is 0.266 e. The molecule has 134 valence electrons. The van der Waals surface area contributed by atoms with Crippen LogP contribution in [0.4, 0.5) is 11.4 Å². The molecule has 2 aromatic rings. The number of para-hydroxylation sites is 1. The summed E-state index contributed by atoms with van der Waals surface area (Å²) in [5.74, 6) is -1.60. The summed E-state index contributed by atoms with van der Waals surface area (Å²) >= 11 is 0. The van der Waals surface area contributed by atoms with Crippen molar-refractivity contribution in [2.45, 2.75) is 13.8 Å². The van der Waals surface area contributed by atoms with Crippen molar-refractivity contribution >= 4 is 28.9 Å². The minimum atomic E-state index is -0.747. The van der Waals surface area contributed by atoms with Crippen molar-refractivity contribution in [2.24, 2.45) is 11.0 Å². The van der Waals surface area contributed by atoms with Gasteiger partial charge in [0.15, 0.2) is 0 Å². The van der Waals surface area contributed by atoms with Crippen molar-refractivity contribution in [3.63, 3.8) is 0 Å². The Bertz CT molecular complexity index is 987. The first-order chi connectivity index (χ1) is 13.0. The SMILES string of the molecule is CC1=NN(c2ccccc2)C(=O)[C@@H]1/C=C(/C#N)C(=O)Nc1cccc(C)c1. The van der Waals surface area contributed by atoms with Crippen molar-refractivity contribution in [1.82, 2.24) is 0 Å². The van der Waals surface area contributed by atoms with E-state index in [0.717, 1.165) is 5.56 Å². The molecule has 0 unspecified atom stereocenters. The van der Waals surface area contributed by atoms with Gasteiger partial charge in [0.25, 0.3) is 11.8 Å². The minimum absolute atomic E-state index is 0.126. The highest BCUT2D eigenvalue weighted by atomic mass is 16.2. The van der Waals surface area contributed by atoms with Gasteiger partial charge in [-0.1, -0.05) is 30.3 Å². The van der Waals surface area contributed by atoms with Crippen molar-refractivity contribution in [3.8, 4) is 6.07 Å². The second-order valence-electron chi connectivity index (χ2n) is 6.22. The van der Waals surface area contributed by atoms with E-state index in [1.807, 2.05) is 43.3 Å². The number of rotatable bonds is 4. The van der Waals surface area contributed by atoms with Crippen LogP contribution in [0.2, 0.25) is 0 Å². The second-order valence-corrected chi connectivity index (χ2v) is 6.22. The van der Waals surface area contributed by atoms with Crippen LogP contribution < -0.4 is 10.3 Å². The summed E-state index contributed by atoms with van der Waals surface area (Å²) in [6.45, 7) is 3.61. The van der Waals surface area contributed by atoms with Gasteiger partial charge in [-0.25, -0.2) is 0 Å². The number of carbonyl (C=O) groups excluding carboxylic acids is 2. The first kappa shape index (κ1) is 18.1. The van der Waals surface area contributed by atoms with E-state index in [9.17, 15) is 14.9 Å². The predicted molar refractivity (Wildman–Crippen MR) is 104 cm³/mol. The summed E-state index contributed by atoms with van der Waals surface area (Å²) in [6.07, 6.45) is 1.37. The normalized spacial score (nSPS) is 16.7. The van der Waals surface area contributed by atoms with Crippen LogP contribution in [0.1, 0.15) is 12.5 Å². The highest BCUT2D eigenvalue weighted by Gasteiger charge is 2.33. The van der Waals surface area contributed by atoms with Gasteiger partial charge in [0.2, 0.25) is 0 Å². The molecule has 6 heteroatoms. The highest BCUT2D eigenvalue weighted by Crippen LogP contribution is 2.25. The fourth-order valence-electron chi connectivity index (χ4n) is 2.78. The number of nitriles is 1. The van der Waals surface area contributed by atoms with Crippen molar-refractivity contribution in [2.75, 3.05) is 10.3 Å². The van der Waals surface area contributed by atoms with Crippen molar-refractivity contribution in [1.29, 1.82) is 5.26 Å². The third-order valence-corrected chi connectivity index (χ3v) is 4.16. The number of hydrazone groups is 1. The molecule has 2 aromatic carbocycles. The summed E-state index contributed by atoms with van der Waals surface area (Å²) in [4.78, 5) is 25.2. The molecular formula is C21H18N4O2. The van der Waals surface area contributed by atoms with E-state index >= 15 is 0 Å². The van der Waals surface area contributed by atoms with Crippen LogP contribution in [0, 0.1) is 24.2 Å². The van der Waals surface area contributed by atoms with E-state index in [1.165, 1.54) is 11.1 Å². The van der Waals surface area contributed by atoms with E-state index in [4.69, 9.17) is 0 Å². The van der Waals surface area contributed by atoms with Gasteiger partial charge in [-0.3, -0.25) is 9.59 Å². The molecule has 0 aliphatic carbocycles. The fraction of sp³-hybridized carbons (Fsp3) is 0.143. The Morgan fingerprint density at radius 1 is 1.19 bits per heavy atom. The van der Waals surface area contributed by atoms with Crippen LogP contribution >= 0.6 is 0 Å². The molecule has 0 aromatic heterocycles. The molecule has 1 aliphatic rings. The Hall–Kier alpha value is -3.72. The van der Waals surface area contributed by atoms with Crippen LogP contribution in [0.15, 0.2) is 71.3 Å². The third-order valence-electron chi connectivity index (χ3n) is 4.16. The first-order valence-corrected chi connectivity index (χ1v) is 8.43. The van der Waals surface area contributed by atoms with Crippen LogP contribution in [-0.2, 0) is 9.59 Å². The molecule has 0 spiro atoms. The van der Waals surface area contributed by atoms with Gasteiger partial charge in [0, 0.05) is 5.69 Å². The summed E-state index contributed by atoms with van der Waals surface area (Å²) in [7, 11) is 0. The second kappa shape index (κ2) is 7.67. The highest BCUT2D eigenvalue weighted by molar-refractivity contribution is 6.17. The summed E-state index contributed by atoms with van der Waals surface area (Å²) in [5, 5.41) is 17.7. The molecule has 0 bridgehead atoms. The summed E-state index contributed by atoms with van der Waals surface area (Å²) in [5.41, 5.74) is 2.62. The van der Waals surface area contributed by atoms with Gasteiger partial charge in [-0.05, 0) is 49.8 Å². The lowest BCUT2D eigenvalue weighted by Gasteiger charge is -2.13. The van der Waals surface area contributed by atoms with E-state index in [1.54, 1.807) is 31.2 Å². The largest absolute Gasteiger partial charge is 0.321 e. The van der Waals surface area contributed by atoms with E-state index in [2.05, 4.69) is 10.4 Å².